The van der Waals surface area contributed by atoms with Crippen LogP contribution in [-0.2, 0) is 31.0 Å². The fourth-order valence-electron chi connectivity index (χ4n) is 2.72. The largest absolute Gasteiger partial charge is 0.350 e. The molecule has 3 rings (SSSR count). The molecule has 1 saturated heterocycles. The Morgan fingerprint density at radius 3 is 2.59 bits per heavy atom. The van der Waals surface area contributed by atoms with Gasteiger partial charge in [0.25, 0.3) is 21.9 Å². The molecule has 8 heteroatoms. The molecule has 2 heterocycles. The zero-order valence-electron chi connectivity index (χ0n) is 12.0. The number of amides is 2. The minimum atomic E-state index is -3.94. The van der Waals surface area contributed by atoms with Crippen LogP contribution in [0.15, 0.2) is 30.5 Å². The van der Waals surface area contributed by atoms with E-state index in [0.717, 1.165) is 17.2 Å². The van der Waals surface area contributed by atoms with E-state index in [9.17, 15) is 18.0 Å². The van der Waals surface area contributed by atoms with Gasteiger partial charge in [-0.3, -0.25) is 9.59 Å². The third kappa shape index (κ3) is 2.40. The van der Waals surface area contributed by atoms with Gasteiger partial charge in [-0.1, -0.05) is 18.2 Å². The number of fused-ring (bicyclic) bond motifs is 1. The van der Waals surface area contributed by atoms with Crippen molar-refractivity contribution in [2.45, 2.75) is 12.3 Å². The van der Waals surface area contributed by atoms with Crippen LogP contribution in [0, 0.1) is 0 Å². The first-order valence-electron chi connectivity index (χ1n) is 6.58. The van der Waals surface area contributed by atoms with E-state index in [1.165, 1.54) is 0 Å². The van der Waals surface area contributed by atoms with Gasteiger partial charge in [-0.2, -0.15) is 8.42 Å². The molecule has 0 radical (unpaired) electrons. The lowest BCUT2D eigenvalue weighted by atomic mass is 9.97. The number of hydrogen-bond acceptors (Lipinski definition) is 5. The van der Waals surface area contributed by atoms with E-state index < -0.39 is 27.9 Å². The predicted molar refractivity (Wildman–Crippen MR) is 78.1 cm³/mol. The number of imide groups is 1. The molecule has 116 valence electrons. The molecule has 1 aliphatic rings. The zero-order valence-corrected chi connectivity index (χ0v) is 12.8. The molecule has 1 aliphatic heterocycles. The Labute approximate surface area is 127 Å². The monoisotopic (exact) mass is 322 g/mol. The normalized spacial score (nSPS) is 19.4. The highest BCUT2D eigenvalue weighted by molar-refractivity contribution is 7.85. The summed E-state index contributed by atoms with van der Waals surface area (Å²) in [4.78, 5) is 24.3. The van der Waals surface area contributed by atoms with Crippen molar-refractivity contribution >= 4 is 32.8 Å². The van der Waals surface area contributed by atoms with Gasteiger partial charge in [0.15, 0.2) is 0 Å². The smallest absolute Gasteiger partial charge is 0.285 e. The van der Waals surface area contributed by atoms with Gasteiger partial charge in [0.2, 0.25) is 0 Å². The van der Waals surface area contributed by atoms with Gasteiger partial charge in [-0.05, 0) is 11.6 Å². The van der Waals surface area contributed by atoms with Gasteiger partial charge in [0.1, 0.15) is 0 Å². The molecule has 1 unspecified atom stereocenters. The molecule has 0 spiro atoms. The number of hydrogen-bond donors (Lipinski definition) is 0. The van der Waals surface area contributed by atoms with Crippen LogP contribution in [-0.4, -0.2) is 36.1 Å². The molecule has 0 aliphatic carbocycles. The lowest BCUT2D eigenvalue weighted by Gasteiger charge is -2.11. The van der Waals surface area contributed by atoms with Crippen molar-refractivity contribution in [3.63, 3.8) is 0 Å². The van der Waals surface area contributed by atoms with E-state index in [-0.39, 0.29) is 6.42 Å². The van der Waals surface area contributed by atoms with Crippen LogP contribution in [0.5, 0.6) is 0 Å². The highest BCUT2D eigenvalue weighted by Crippen LogP contribution is 2.35. The summed E-state index contributed by atoms with van der Waals surface area (Å²) in [6.45, 7) is 0. The summed E-state index contributed by atoms with van der Waals surface area (Å²) in [6.07, 6.45) is 2.46. The average molecular weight is 322 g/mol. The second-order valence-corrected chi connectivity index (χ2v) is 6.83. The van der Waals surface area contributed by atoms with Crippen LogP contribution in [0.1, 0.15) is 17.9 Å². The van der Waals surface area contributed by atoms with E-state index in [1.54, 1.807) is 6.20 Å². The number of carbonyl (C=O) groups excluding carboxylic acids is 2. The van der Waals surface area contributed by atoms with Crippen LogP contribution in [0.4, 0.5) is 0 Å². The summed E-state index contributed by atoms with van der Waals surface area (Å²) in [6, 6.07) is 7.50. The van der Waals surface area contributed by atoms with Crippen LogP contribution >= 0.6 is 0 Å². The van der Waals surface area contributed by atoms with Crippen molar-refractivity contribution in [2.24, 2.45) is 7.05 Å². The molecular weight excluding hydrogens is 308 g/mol. The first-order chi connectivity index (χ1) is 10.3. The lowest BCUT2D eigenvalue weighted by molar-refractivity contribution is -0.164. The number of carbonyl (C=O) groups is 2. The van der Waals surface area contributed by atoms with Crippen molar-refractivity contribution in [1.29, 1.82) is 0 Å². The predicted octanol–water partition coefficient (Wildman–Crippen LogP) is 0.912. The molecule has 2 amide bonds. The molecule has 22 heavy (non-hydrogen) atoms. The van der Waals surface area contributed by atoms with Crippen LogP contribution in [0.3, 0.4) is 0 Å². The topological polar surface area (TPSA) is 85.7 Å². The maximum Gasteiger partial charge on any atom is 0.285 e. The number of benzene rings is 1. The van der Waals surface area contributed by atoms with Gasteiger partial charge >= 0.3 is 0 Å². The summed E-state index contributed by atoms with van der Waals surface area (Å²) < 4.78 is 28.7. The molecule has 7 nitrogen and oxygen atoms in total. The quantitative estimate of drug-likeness (QED) is 0.784. The van der Waals surface area contributed by atoms with Gasteiger partial charge in [-0.25, -0.2) is 0 Å². The fourth-order valence-corrected chi connectivity index (χ4v) is 3.14. The number of nitrogens with zero attached hydrogens (tertiary/aromatic N) is 2. The highest BCUT2D eigenvalue weighted by Gasteiger charge is 2.43. The Bertz CT molecular complexity index is 884. The Hall–Kier alpha value is -2.19. The standard InChI is InChI=1S/C14H14N2O5S/c1-15-8-11(9-5-3-4-6-12(9)15)10-7-13(17)16(14(10)18)21-22(2,19)20/h3-6,8,10H,7H2,1-2H3. The fraction of sp³-hybridized carbons (Fsp3) is 0.286. The molecule has 1 aromatic heterocycles. The Kier molecular flexibility index (Phi) is 3.30. The average Bonchev–Trinajstić information content (AvgIpc) is 2.90. The minimum Gasteiger partial charge on any atom is -0.350 e. The van der Waals surface area contributed by atoms with Crippen LogP contribution in [0.2, 0.25) is 0 Å². The Morgan fingerprint density at radius 2 is 1.91 bits per heavy atom. The maximum atomic E-state index is 12.4. The number of para-hydroxylation sites is 1. The van der Waals surface area contributed by atoms with Crippen molar-refractivity contribution in [2.75, 3.05) is 6.26 Å². The molecule has 1 atom stereocenters. The van der Waals surface area contributed by atoms with E-state index in [1.807, 2.05) is 35.9 Å². The van der Waals surface area contributed by atoms with Crippen LogP contribution in [0.25, 0.3) is 10.9 Å². The van der Waals surface area contributed by atoms with Gasteiger partial charge in [0.05, 0.1) is 12.2 Å². The van der Waals surface area contributed by atoms with E-state index in [0.29, 0.717) is 10.6 Å². The summed E-state index contributed by atoms with van der Waals surface area (Å²) in [7, 11) is -2.09. The number of aromatic nitrogens is 1. The third-order valence-electron chi connectivity index (χ3n) is 3.62. The number of aryl methyl sites for hydroxylation is 1. The van der Waals surface area contributed by atoms with Crippen LogP contribution < -0.4 is 0 Å². The molecular formula is C14H14N2O5S. The van der Waals surface area contributed by atoms with E-state index in [4.69, 9.17) is 0 Å². The Morgan fingerprint density at radius 1 is 1.23 bits per heavy atom. The molecule has 2 aromatic rings. The molecule has 0 N–H and O–H groups in total. The summed E-state index contributed by atoms with van der Waals surface area (Å²) in [5.74, 6) is -2.06. The van der Waals surface area contributed by atoms with Crippen molar-refractivity contribution in [3.05, 3.63) is 36.0 Å². The molecule has 1 fully saturated rings. The summed E-state index contributed by atoms with van der Waals surface area (Å²) in [5, 5.41) is 1.21. The summed E-state index contributed by atoms with van der Waals surface area (Å²) >= 11 is 0. The SMILES string of the molecule is Cn1cc(C2CC(=O)N(OS(C)(=O)=O)C2=O)c2ccccc21. The minimum absolute atomic E-state index is 0.109. The first kappa shape index (κ1) is 14.7. The summed E-state index contributed by atoms with van der Waals surface area (Å²) in [5.41, 5.74) is 1.62. The lowest BCUT2D eigenvalue weighted by Crippen LogP contribution is -2.32. The number of hydroxylamine groups is 2. The first-order valence-corrected chi connectivity index (χ1v) is 8.40. The second-order valence-electron chi connectivity index (χ2n) is 5.27. The molecule has 0 saturated carbocycles. The van der Waals surface area contributed by atoms with Gasteiger partial charge in [-0.15, -0.1) is 9.35 Å². The number of rotatable bonds is 3. The molecule has 1 aromatic carbocycles. The second kappa shape index (κ2) is 4.92. The van der Waals surface area contributed by atoms with Gasteiger partial charge < -0.3 is 4.57 Å². The van der Waals surface area contributed by atoms with Crippen molar-refractivity contribution in [3.8, 4) is 0 Å². The van der Waals surface area contributed by atoms with Crippen molar-refractivity contribution < 1.29 is 22.3 Å². The van der Waals surface area contributed by atoms with E-state index >= 15 is 0 Å². The molecule has 0 bridgehead atoms. The van der Waals surface area contributed by atoms with Gasteiger partial charge in [0, 0.05) is 30.6 Å². The Balaban J connectivity index is 2.02. The van der Waals surface area contributed by atoms with E-state index in [2.05, 4.69) is 4.28 Å². The highest BCUT2D eigenvalue weighted by atomic mass is 32.2. The zero-order chi connectivity index (χ0) is 16.1. The maximum absolute atomic E-state index is 12.4. The van der Waals surface area contributed by atoms with Crippen molar-refractivity contribution in [1.82, 2.24) is 9.63 Å². The third-order valence-corrected chi connectivity index (χ3v) is 4.04.